The smallest absolute Gasteiger partial charge is 0.251 e. The average Bonchev–Trinajstić information content (AvgIpc) is 2.85. The number of hydrogen-bond donors (Lipinski definition) is 2. The molecule has 0 aliphatic carbocycles. The van der Waals surface area contributed by atoms with Crippen molar-refractivity contribution in [3.8, 4) is 0 Å². The van der Waals surface area contributed by atoms with Crippen LogP contribution in [0, 0.1) is 0 Å². The minimum atomic E-state index is -0.0790. The van der Waals surface area contributed by atoms with Gasteiger partial charge in [-0.05, 0) is 43.3 Å². The average molecular weight is 289 g/mol. The molecule has 0 saturated heterocycles. The number of anilines is 1. The molecule has 1 heterocycles. The molecule has 1 aromatic carbocycles. The summed E-state index contributed by atoms with van der Waals surface area (Å²) in [4.78, 5) is 25.7. The Kier molecular flexibility index (Phi) is 5.33. The van der Waals surface area contributed by atoms with Crippen LogP contribution in [0.15, 0.2) is 18.2 Å². The molecule has 1 aliphatic heterocycles. The maximum atomic E-state index is 12.1. The summed E-state index contributed by atoms with van der Waals surface area (Å²) in [5.41, 5.74) is 2.33. The van der Waals surface area contributed by atoms with E-state index >= 15 is 0 Å². The van der Waals surface area contributed by atoms with E-state index in [0.717, 1.165) is 37.3 Å². The molecule has 2 rings (SSSR count). The van der Waals surface area contributed by atoms with E-state index in [9.17, 15) is 9.59 Å². The molecule has 0 bridgehead atoms. The summed E-state index contributed by atoms with van der Waals surface area (Å²) in [6.07, 6.45) is 1.48. The van der Waals surface area contributed by atoms with Gasteiger partial charge in [0.2, 0.25) is 5.91 Å². The zero-order chi connectivity index (χ0) is 15.2. The molecule has 5 nitrogen and oxygen atoms in total. The van der Waals surface area contributed by atoms with Crippen LogP contribution in [0.25, 0.3) is 0 Å². The second-order valence-corrected chi connectivity index (χ2v) is 5.29. The third kappa shape index (κ3) is 4.04. The number of amides is 2. The van der Waals surface area contributed by atoms with Gasteiger partial charge in [-0.15, -0.1) is 0 Å². The second kappa shape index (κ2) is 7.22. The molecular weight excluding hydrogens is 266 g/mol. The quantitative estimate of drug-likeness (QED) is 0.802. The fraction of sp³-hybridized carbons (Fsp3) is 0.500. The molecule has 2 N–H and O–H groups in total. The van der Waals surface area contributed by atoms with Crippen LogP contribution < -0.4 is 10.6 Å². The van der Waals surface area contributed by atoms with Gasteiger partial charge in [-0.2, -0.15) is 0 Å². The van der Waals surface area contributed by atoms with Crippen LogP contribution in [0.3, 0.4) is 0 Å². The summed E-state index contributed by atoms with van der Waals surface area (Å²) < 4.78 is 0. The number of fused-ring (bicyclic) bond motifs is 1. The highest BCUT2D eigenvalue weighted by molar-refractivity contribution is 6.01. The van der Waals surface area contributed by atoms with Crippen molar-refractivity contribution in [3.05, 3.63) is 29.3 Å². The van der Waals surface area contributed by atoms with Crippen LogP contribution in [-0.4, -0.2) is 42.9 Å². The zero-order valence-electron chi connectivity index (χ0n) is 12.7. The van der Waals surface area contributed by atoms with Crippen molar-refractivity contribution in [3.63, 3.8) is 0 Å². The fourth-order valence-corrected chi connectivity index (χ4v) is 2.54. The van der Waals surface area contributed by atoms with Crippen molar-refractivity contribution in [2.45, 2.75) is 26.7 Å². The number of nitrogens with zero attached hydrogens (tertiary/aromatic N) is 1. The molecule has 114 valence electrons. The number of carbonyl (C=O) groups excluding carboxylic acids is 2. The molecule has 0 saturated carbocycles. The lowest BCUT2D eigenvalue weighted by atomic mass is 10.1. The Bertz CT molecular complexity index is 528. The van der Waals surface area contributed by atoms with Crippen LogP contribution in [0.2, 0.25) is 0 Å². The summed E-state index contributed by atoms with van der Waals surface area (Å²) in [5.74, 6) is -0.0922. The molecule has 0 atom stereocenters. The van der Waals surface area contributed by atoms with Crippen LogP contribution >= 0.6 is 0 Å². The van der Waals surface area contributed by atoms with Crippen molar-refractivity contribution in [1.82, 2.24) is 10.2 Å². The van der Waals surface area contributed by atoms with Gasteiger partial charge in [-0.1, -0.05) is 13.8 Å². The van der Waals surface area contributed by atoms with Crippen LogP contribution in [0.5, 0.6) is 0 Å². The SMILES string of the molecule is CCCN(CC)CCNC(=O)c1ccc2c(c1)CC(=O)N2. The van der Waals surface area contributed by atoms with Crippen LogP contribution in [0.1, 0.15) is 36.2 Å². The first-order chi connectivity index (χ1) is 10.1. The van der Waals surface area contributed by atoms with Gasteiger partial charge in [0.05, 0.1) is 6.42 Å². The summed E-state index contributed by atoms with van der Waals surface area (Å²) in [6, 6.07) is 5.35. The Labute approximate surface area is 125 Å². The molecule has 1 aliphatic rings. The van der Waals surface area contributed by atoms with Crippen molar-refractivity contribution < 1.29 is 9.59 Å². The summed E-state index contributed by atoms with van der Waals surface area (Å²) in [5, 5.41) is 5.70. The predicted octanol–water partition coefficient (Wildman–Crippen LogP) is 1.64. The summed E-state index contributed by atoms with van der Waals surface area (Å²) in [7, 11) is 0. The Morgan fingerprint density at radius 1 is 1.33 bits per heavy atom. The van der Waals surface area contributed by atoms with Crippen LogP contribution in [0.4, 0.5) is 5.69 Å². The largest absolute Gasteiger partial charge is 0.351 e. The molecular formula is C16H23N3O2. The summed E-state index contributed by atoms with van der Waals surface area (Å²) in [6.45, 7) is 7.83. The monoisotopic (exact) mass is 289 g/mol. The van der Waals surface area contributed by atoms with E-state index < -0.39 is 0 Å². The Balaban J connectivity index is 1.87. The lowest BCUT2D eigenvalue weighted by Gasteiger charge is -2.19. The Morgan fingerprint density at radius 2 is 2.14 bits per heavy atom. The van der Waals surface area contributed by atoms with E-state index in [0.29, 0.717) is 18.5 Å². The number of rotatable bonds is 7. The highest BCUT2D eigenvalue weighted by Gasteiger charge is 2.18. The van der Waals surface area contributed by atoms with E-state index in [1.54, 1.807) is 18.2 Å². The van der Waals surface area contributed by atoms with Gasteiger partial charge >= 0.3 is 0 Å². The first-order valence-corrected chi connectivity index (χ1v) is 7.57. The van der Waals surface area contributed by atoms with Crippen molar-refractivity contribution in [2.24, 2.45) is 0 Å². The van der Waals surface area contributed by atoms with E-state index in [2.05, 4.69) is 29.4 Å². The first kappa shape index (κ1) is 15.5. The topological polar surface area (TPSA) is 61.4 Å². The molecule has 0 radical (unpaired) electrons. The van der Waals surface area contributed by atoms with E-state index in [4.69, 9.17) is 0 Å². The van der Waals surface area contributed by atoms with Crippen molar-refractivity contribution >= 4 is 17.5 Å². The minimum absolute atomic E-state index is 0.0132. The molecule has 0 fully saturated rings. The van der Waals surface area contributed by atoms with E-state index in [-0.39, 0.29) is 11.8 Å². The van der Waals surface area contributed by atoms with Gasteiger partial charge in [0.25, 0.3) is 5.91 Å². The van der Waals surface area contributed by atoms with Gasteiger partial charge in [0, 0.05) is 24.3 Å². The maximum Gasteiger partial charge on any atom is 0.251 e. The Morgan fingerprint density at radius 3 is 2.86 bits per heavy atom. The van der Waals surface area contributed by atoms with Gasteiger partial charge in [0.15, 0.2) is 0 Å². The third-order valence-electron chi connectivity index (χ3n) is 3.69. The second-order valence-electron chi connectivity index (χ2n) is 5.29. The molecule has 1 aromatic rings. The number of hydrogen-bond acceptors (Lipinski definition) is 3. The van der Waals surface area contributed by atoms with E-state index in [1.807, 2.05) is 0 Å². The van der Waals surface area contributed by atoms with Gasteiger partial charge in [-0.25, -0.2) is 0 Å². The highest BCUT2D eigenvalue weighted by atomic mass is 16.2. The van der Waals surface area contributed by atoms with Gasteiger partial charge < -0.3 is 15.5 Å². The van der Waals surface area contributed by atoms with Crippen molar-refractivity contribution in [2.75, 3.05) is 31.5 Å². The molecule has 21 heavy (non-hydrogen) atoms. The molecule has 0 unspecified atom stereocenters. The highest BCUT2D eigenvalue weighted by Crippen LogP contribution is 2.23. The molecule has 0 aromatic heterocycles. The predicted molar refractivity (Wildman–Crippen MR) is 83.5 cm³/mol. The molecule has 0 spiro atoms. The first-order valence-electron chi connectivity index (χ1n) is 7.57. The zero-order valence-corrected chi connectivity index (χ0v) is 12.7. The lowest BCUT2D eigenvalue weighted by molar-refractivity contribution is -0.115. The third-order valence-corrected chi connectivity index (χ3v) is 3.69. The fourth-order valence-electron chi connectivity index (χ4n) is 2.54. The van der Waals surface area contributed by atoms with Gasteiger partial charge in [-0.3, -0.25) is 9.59 Å². The summed E-state index contributed by atoms with van der Waals surface area (Å²) >= 11 is 0. The van der Waals surface area contributed by atoms with E-state index in [1.165, 1.54) is 0 Å². The molecule has 5 heteroatoms. The maximum absolute atomic E-state index is 12.1. The Hall–Kier alpha value is -1.88. The molecule has 2 amide bonds. The number of nitrogens with one attached hydrogen (secondary N) is 2. The van der Waals surface area contributed by atoms with Gasteiger partial charge in [0.1, 0.15) is 0 Å². The normalized spacial score (nSPS) is 13.2. The number of carbonyl (C=O) groups is 2. The minimum Gasteiger partial charge on any atom is -0.351 e. The number of likely N-dealkylation sites (N-methyl/N-ethyl adjacent to an activating group) is 1. The number of benzene rings is 1. The lowest BCUT2D eigenvalue weighted by Crippen LogP contribution is -2.35. The van der Waals surface area contributed by atoms with Crippen LogP contribution in [-0.2, 0) is 11.2 Å². The standard InChI is InChI=1S/C16H23N3O2/c1-3-8-19(4-2)9-7-17-16(21)12-5-6-14-13(10-12)11-15(20)18-14/h5-6,10H,3-4,7-9,11H2,1-2H3,(H,17,21)(H,18,20). The van der Waals surface area contributed by atoms with Crippen molar-refractivity contribution in [1.29, 1.82) is 0 Å².